The smallest absolute Gasteiger partial charge is 0.152 e. The second-order valence-electron chi connectivity index (χ2n) is 6.16. The summed E-state index contributed by atoms with van der Waals surface area (Å²) in [7, 11) is 0. The van der Waals surface area contributed by atoms with Crippen LogP contribution in [0, 0.1) is 0 Å². The van der Waals surface area contributed by atoms with E-state index in [0.29, 0.717) is 6.04 Å². The van der Waals surface area contributed by atoms with Gasteiger partial charge in [-0.3, -0.25) is 4.90 Å². The van der Waals surface area contributed by atoms with Gasteiger partial charge in [-0.15, -0.1) is 0 Å². The van der Waals surface area contributed by atoms with Gasteiger partial charge in [-0.05, 0) is 24.1 Å². The van der Waals surface area contributed by atoms with Crippen molar-refractivity contribution in [2.24, 2.45) is 0 Å². The molecule has 2 aliphatic rings. The number of fused-ring (bicyclic) bond motifs is 3. The van der Waals surface area contributed by atoms with Gasteiger partial charge < -0.3 is 10.2 Å². The SMILES string of the molecule is c1ccc(CN2CCN3c4ncccc4NCCC3C2)cc1. The summed E-state index contributed by atoms with van der Waals surface area (Å²) >= 11 is 0. The maximum absolute atomic E-state index is 4.62. The Labute approximate surface area is 131 Å². The zero-order valence-electron chi connectivity index (χ0n) is 12.8. The topological polar surface area (TPSA) is 31.4 Å². The highest BCUT2D eigenvalue weighted by atomic mass is 15.3. The molecule has 1 aromatic heterocycles. The second kappa shape index (κ2) is 5.97. The molecule has 4 rings (SSSR count). The van der Waals surface area contributed by atoms with Gasteiger partial charge in [-0.2, -0.15) is 0 Å². The highest BCUT2D eigenvalue weighted by molar-refractivity contribution is 5.67. The van der Waals surface area contributed by atoms with Gasteiger partial charge in [0.2, 0.25) is 0 Å². The second-order valence-corrected chi connectivity index (χ2v) is 6.16. The number of benzene rings is 1. The Hall–Kier alpha value is -2.07. The van der Waals surface area contributed by atoms with Crippen LogP contribution in [0.25, 0.3) is 0 Å². The minimum absolute atomic E-state index is 0.557. The first kappa shape index (κ1) is 13.6. The molecule has 1 saturated heterocycles. The number of nitrogens with one attached hydrogen (secondary N) is 1. The van der Waals surface area contributed by atoms with Gasteiger partial charge in [0.15, 0.2) is 5.82 Å². The Morgan fingerprint density at radius 2 is 2.00 bits per heavy atom. The number of hydrogen-bond donors (Lipinski definition) is 1. The summed E-state index contributed by atoms with van der Waals surface area (Å²) in [6.07, 6.45) is 3.07. The lowest BCUT2D eigenvalue weighted by molar-refractivity contribution is 0.212. The Balaban J connectivity index is 1.50. The minimum Gasteiger partial charge on any atom is -0.382 e. The van der Waals surface area contributed by atoms with E-state index >= 15 is 0 Å². The standard InChI is InChI=1S/C18H22N4/c1-2-5-15(6-3-1)13-21-11-12-22-16(14-21)8-10-19-17-7-4-9-20-18(17)22/h1-7,9,16,19H,8,10-14H2. The summed E-state index contributed by atoms with van der Waals surface area (Å²) < 4.78 is 0. The normalized spacial score (nSPS) is 21.5. The van der Waals surface area contributed by atoms with Crippen LogP contribution in [0.5, 0.6) is 0 Å². The maximum atomic E-state index is 4.62. The van der Waals surface area contributed by atoms with Gasteiger partial charge in [0, 0.05) is 45.0 Å². The third-order valence-electron chi connectivity index (χ3n) is 4.67. The van der Waals surface area contributed by atoms with Crippen molar-refractivity contribution in [3.8, 4) is 0 Å². The molecule has 22 heavy (non-hydrogen) atoms. The van der Waals surface area contributed by atoms with E-state index in [-0.39, 0.29) is 0 Å². The molecular weight excluding hydrogens is 272 g/mol. The Morgan fingerprint density at radius 1 is 1.09 bits per heavy atom. The largest absolute Gasteiger partial charge is 0.382 e. The van der Waals surface area contributed by atoms with E-state index in [1.807, 2.05) is 12.3 Å². The first-order valence-electron chi connectivity index (χ1n) is 8.12. The van der Waals surface area contributed by atoms with Crippen LogP contribution in [0.15, 0.2) is 48.7 Å². The van der Waals surface area contributed by atoms with Crippen molar-refractivity contribution in [2.45, 2.75) is 19.0 Å². The Morgan fingerprint density at radius 3 is 2.91 bits per heavy atom. The predicted molar refractivity (Wildman–Crippen MR) is 90.2 cm³/mol. The van der Waals surface area contributed by atoms with Gasteiger partial charge in [0.25, 0.3) is 0 Å². The van der Waals surface area contributed by atoms with Gasteiger partial charge in [-0.25, -0.2) is 4.98 Å². The van der Waals surface area contributed by atoms with E-state index < -0.39 is 0 Å². The fourth-order valence-electron chi connectivity index (χ4n) is 3.57. The molecule has 4 heteroatoms. The first-order valence-corrected chi connectivity index (χ1v) is 8.12. The van der Waals surface area contributed by atoms with Gasteiger partial charge in [-0.1, -0.05) is 30.3 Å². The molecule has 1 unspecified atom stereocenters. The van der Waals surface area contributed by atoms with Crippen molar-refractivity contribution in [1.82, 2.24) is 9.88 Å². The molecule has 4 nitrogen and oxygen atoms in total. The number of anilines is 2. The van der Waals surface area contributed by atoms with Crippen molar-refractivity contribution in [3.05, 3.63) is 54.2 Å². The molecule has 0 amide bonds. The van der Waals surface area contributed by atoms with Crippen LogP contribution in [0.1, 0.15) is 12.0 Å². The predicted octanol–water partition coefficient (Wildman–Crippen LogP) is 2.59. The molecular formula is C18H22N4. The van der Waals surface area contributed by atoms with Crippen LogP contribution >= 0.6 is 0 Å². The van der Waals surface area contributed by atoms with Crippen LogP contribution in [-0.2, 0) is 6.54 Å². The van der Waals surface area contributed by atoms with E-state index in [4.69, 9.17) is 0 Å². The molecule has 0 radical (unpaired) electrons. The molecule has 0 saturated carbocycles. The van der Waals surface area contributed by atoms with Crippen LogP contribution in [-0.4, -0.2) is 42.1 Å². The molecule has 1 atom stereocenters. The van der Waals surface area contributed by atoms with Crippen LogP contribution in [0.3, 0.4) is 0 Å². The molecule has 2 aromatic rings. The average Bonchev–Trinajstić information content (AvgIpc) is 2.75. The number of aromatic nitrogens is 1. The van der Waals surface area contributed by atoms with E-state index in [1.165, 1.54) is 17.7 Å². The third kappa shape index (κ3) is 2.66. The van der Waals surface area contributed by atoms with E-state index in [9.17, 15) is 0 Å². The van der Waals surface area contributed by atoms with Crippen LogP contribution in [0.2, 0.25) is 0 Å². The van der Waals surface area contributed by atoms with Gasteiger partial charge in [0.05, 0.1) is 5.69 Å². The van der Waals surface area contributed by atoms with E-state index in [2.05, 4.69) is 56.5 Å². The molecule has 2 aliphatic heterocycles. The van der Waals surface area contributed by atoms with Crippen LogP contribution in [0.4, 0.5) is 11.5 Å². The van der Waals surface area contributed by atoms with Crippen molar-refractivity contribution >= 4 is 11.5 Å². The highest BCUT2D eigenvalue weighted by Gasteiger charge is 2.30. The maximum Gasteiger partial charge on any atom is 0.152 e. The molecule has 3 heterocycles. The zero-order chi connectivity index (χ0) is 14.8. The van der Waals surface area contributed by atoms with Crippen molar-refractivity contribution < 1.29 is 0 Å². The van der Waals surface area contributed by atoms with E-state index in [0.717, 1.165) is 38.5 Å². The molecule has 1 N–H and O–H groups in total. The Kier molecular flexibility index (Phi) is 3.69. The molecule has 114 valence electrons. The van der Waals surface area contributed by atoms with Gasteiger partial charge >= 0.3 is 0 Å². The van der Waals surface area contributed by atoms with Crippen LogP contribution < -0.4 is 10.2 Å². The number of hydrogen-bond acceptors (Lipinski definition) is 4. The lowest BCUT2D eigenvalue weighted by Crippen LogP contribution is -2.53. The first-order chi connectivity index (χ1) is 10.9. The Bertz CT molecular complexity index is 628. The summed E-state index contributed by atoms with van der Waals surface area (Å²) in [5.41, 5.74) is 2.59. The highest BCUT2D eigenvalue weighted by Crippen LogP contribution is 2.30. The lowest BCUT2D eigenvalue weighted by Gasteiger charge is -2.41. The van der Waals surface area contributed by atoms with Gasteiger partial charge in [0.1, 0.15) is 0 Å². The molecule has 0 spiro atoms. The number of rotatable bonds is 2. The average molecular weight is 294 g/mol. The lowest BCUT2D eigenvalue weighted by atomic mass is 10.1. The summed E-state index contributed by atoms with van der Waals surface area (Å²) in [6.45, 7) is 5.35. The number of pyridine rings is 1. The fraction of sp³-hybridized carbons (Fsp3) is 0.389. The molecule has 0 bridgehead atoms. The van der Waals surface area contributed by atoms with Crippen molar-refractivity contribution in [1.29, 1.82) is 0 Å². The summed E-state index contributed by atoms with van der Waals surface area (Å²) in [6, 6.07) is 15.5. The van der Waals surface area contributed by atoms with E-state index in [1.54, 1.807) is 0 Å². The summed E-state index contributed by atoms with van der Waals surface area (Å²) in [5.74, 6) is 1.13. The van der Waals surface area contributed by atoms with Crippen molar-refractivity contribution in [3.63, 3.8) is 0 Å². The fourth-order valence-corrected chi connectivity index (χ4v) is 3.57. The minimum atomic E-state index is 0.557. The number of piperazine rings is 1. The summed E-state index contributed by atoms with van der Waals surface area (Å²) in [4.78, 5) is 9.69. The third-order valence-corrected chi connectivity index (χ3v) is 4.67. The molecule has 1 fully saturated rings. The summed E-state index contributed by atoms with van der Waals surface area (Å²) in [5, 5.41) is 3.52. The molecule has 1 aromatic carbocycles. The molecule has 0 aliphatic carbocycles. The van der Waals surface area contributed by atoms with Crippen molar-refractivity contribution in [2.75, 3.05) is 36.4 Å². The number of nitrogens with zero attached hydrogens (tertiary/aromatic N) is 3. The monoisotopic (exact) mass is 294 g/mol. The quantitative estimate of drug-likeness (QED) is 0.922. The zero-order valence-corrected chi connectivity index (χ0v) is 12.8.